The zero-order valence-electron chi connectivity index (χ0n) is 7.45. The molecule has 4 nitrogen and oxygen atoms in total. The van der Waals surface area contributed by atoms with Crippen molar-refractivity contribution in [3.8, 4) is 0 Å². The van der Waals surface area contributed by atoms with E-state index in [9.17, 15) is 0 Å². The molecule has 1 aliphatic rings. The van der Waals surface area contributed by atoms with Crippen LogP contribution in [0.2, 0.25) is 0 Å². The van der Waals surface area contributed by atoms with E-state index in [2.05, 4.69) is 0 Å². The highest BCUT2D eigenvalue weighted by atomic mass is 16.5. The van der Waals surface area contributed by atoms with Crippen LogP contribution in [0.3, 0.4) is 0 Å². The van der Waals surface area contributed by atoms with Gasteiger partial charge in [-0.25, -0.2) is 0 Å². The molecule has 1 saturated carbocycles. The molecule has 1 rings (SSSR count). The monoisotopic (exact) mass is 175 g/mol. The number of hydrogen-bond donors (Lipinski definition) is 2. The van der Waals surface area contributed by atoms with Crippen molar-refractivity contribution >= 4 is 0 Å². The van der Waals surface area contributed by atoms with Crippen LogP contribution in [0.4, 0.5) is 0 Å². The Hall–Kier alpha value is -0.160. The van der Waals surface area contributed by atoms with Gasteiger partial charge in [0.1, 0.15) is 0 Å². The lowest BCUT2D eigenvalue weighted by Gasteiger charge is -2.45. The summed E-state index contributed by atoms with van der Waals surface area (Å²) in [7, 11) is 1.69. The molecule has 0 atom stereocenters. The first-order chi connectivity index (χ1) is 5.76. The molecule has 72 valence electrons. The number of ether oxygens (including phenoxy) is 2. The maximum absolute atomic E-state index is 8.57. The van der Waals surface area contributed by atoms with Crippen LogP contribution in [0.25, 0.3) is 0 Å². The Bertz CT molecular complexity index is 129. The molecular formula is C8H17NO3. The summed E-state index contributed by atoms with van der Waals surface area (Å²) < 4.78 is 10.6. The smallest absolute Gasteiger partial charge is 0.0854 e. The zero-order chi connectivity index (χ0) is 9.03. The van der Waals surface area contributed by atoms with E-state index in [1.807, 2.05) is 0 Å². The van der Waals surface area contributed by atoms with Crippen molar-refractivity contribution in [1.29, 1.82) is 0 Å². The van der Waals surface area contributed by atoms with Gasteiger partial charge in [-0.1, -0.05) is 0 Å². The normalized spacial score (nSPS) is 34.8. The highest BCUT2D eigenvalue weighted by Crippen LogP contribution is 2.36. The Kier molecular flexibility index (Phi) is 3.46. The minimum absolute atomic E-state index is 0.0550. The summed E-state index contributed by atoms with van der Waals surface area (Å²) >= 11 is 0. The van der Waals surface area contributed by atoms with Crippen molar-refractivity contribution in [2.75, 3.05) is 26.9 Å². The lowest BCUT2D eigenvalue weighted by Crippen LogP contribution is -2.55. The van der Waals surface area contributed by atoms with E-state index < -0.39 is 0 Å². The van der Waals surface area contributed by atoms with Gasteiger partial charge in [0.2, 0.25) is 0 Å². The van der Waals surface area contributed by atoms with Gasteiger partial charge >= 0.3 is 0 Å². The van der Waals surface area contributed by atoms with Crippen LogP contribution in [-0.4, -0.2) is 43.7 Å². The third-order valence-electron chi connectivity index (χ3n) is 2.40. The summed E-state index contributed by atoms with van der Waals surface area (Å²) in [6, 6.07) is 0. The van der Waals surface area contributed by atoms with E-state index in [1.54, 1.807) is 7.11 Å². The fraction of sp³-hybridized carbons (Fsp3) is 1.00. The van der Waals surface area contributed by atoms with Crippen LogP contribution < -0.4 is 5.73 Å². The van der Waals surface area contributed by atoms with Gasteiger partial charge in [0, 0.05) is 26.5 Å². The predicted molar refractivity (Wildman–Crippen MR) is 44.9 cm³/mol. The molecule has 0 aromatic carbocycles. The van der Waals surface area contributed by atoms with Crippen LogP contribution in [0.5, 0.6) is 0 Å². The Labute approximate surface area is 72.6 Å². The second-order valence-electron chi connectivity index (χ2n) is 3.23. The first-order valence-corrected chi connectivity index (χ1v) is 4.24. The average molecular weight is 175 g/mol. The summed E-state index contributed by atoms with van der Waals surface area (Å²) in [5, 5.41) is 8.57. The molecule has 0 radical (unpaired) electrons. The van der Waals surface area contributed by atoms with Gasteiger partial charge in [-0.05, 0) is 0 Å². The maximum Gasteiger partial charge on any atom is 0.0854 e. The maximum atomic E-state index is 8.57. The van der Waals surface area contributed by atoms with E-state index in [1.165, 1.54) is 0 Å². The number of aliphatic hydroxyl groups excluding tert-OH is 1. The van der Waals surface area contributed by atoms with Crippen molar-refractivity contribution < 1.29 is 14.6 Å². The van der Waals surface area contributed by atoms with Gasteiger partial charge < -0.3 is 20.3 Å². The first kappa shape index (κ1) is 9.92. The molecule has 12 heavy (non-hydrogen) atoms. The zero-order valence-corrected chi connectivity index (χ0v) is 7.45. The van der Waals surface area contributed by atoms with E-state index in [0.29, 0.717) is 13.2 Å². The molecular weight excluding hydrogens is 158 g/mol. The van der Waals surface area contributed by atoms with Crippen LogP contribution in [0, 0.1) is 0 Å². The second-order valence-corrected chi connectivity index (χ2v) is 3.23. The highest BCUT2D eigenvalue weighted by molar-refractivity contribution is 4.97. The van der Waals surface area contributed by atoms with Gasteiger partial charge in [0.25, 0.3) is 0 Å². The number of nitrogens with two attached hydrogens (primary N) is 1. The van der Waals surface area contributed by atoms with Crippen LogP contribution in [0.15, 0.2) is 0 Å². The third kappa shape index (κ3) is 1.95. The molecule has 0 saturated heterocycles. The minimum atomic E-state index is -0.219. The average Bonchev–Trinajstić information content (AvgIpc) is 2.04. The van der Waals surface area contributed by atoms with E-state index in [0.717, 1.165) is 12.8 Å². The molecule has 0 aromatic heterocycles. The Morgan fingerprint density at radius 1 is 1.58 bits per heavy atom. The SMILES string of the molecule is COC1CC(CN)(OCCO)C1. The number of aliphatic hydroxyl groups is 1. The summed E-state index contributed by atoms with van der Waals surface area (Å²) in [5.41, 5.74) is 5.35. The lowest BCUT2D eigenvalue weighted by molar-refractivity contribution is -0.162. The molecule has 0 amide bonds. The highest BCUT2D eigenvalue weighted by Gasteiger charge is 2.44. The van der Waals surface area contributed by atoms with E-state index in [-0.39, 0.29) is 18.3 Å². The van der Waals surface area contributed by atoms with Gasteiger partial charge in [-0.3, -0.25) is 0 Å². The van der Waals surface area contributed by atoms with Crippen LogP contribution >= 0.6 is 0 Å². The molecule has 0 aromatic rings. The molecule has 3 N–H and O–H groups in total. The molecule has 0 aliphatic heterocycles. The molecule has 1 aliphatic carbocycles. The third-order valence-corrected chi connectivity index (χ3v) is 2.40. The molecule has 0 spiro atoms. The summed E-state index contributed by atoms with van der Waals surface area (Å²) in [5.74, 6) is 0. The van der Waals surface area contributed by atoms with E-state index >= 15 is 0 Å². The molecule has 4 heteroatoms. The minimum Gasteiger partial charge on any atom is -0.394 e. The van der Waals surface area contributed by atoms with Gasteiger partial charge in [-0.2, -0.15) is 0 Å². The molecule has 1 fully saturated rings. The quantitative estimate of drug-likeness (QED) is 0.591. The molecule has 0 heterocycles. The topological polar surface area (TPSA) is 64.7 Å². The number of hydrogen-bond acceptors (Lipinski definition) is 4. The lowest BCUT2D eigenvalue weighted by atomic mass is 9.77. The van der Waals surface area contributed by atoms with Gasteiger partial charge in [0.05, 0.1) is 24.9 Å². The van der Waals surface area contributed by atoms with E-state index in [4.69, 9.17) is 20.3 Å². The fourth-order valence-corrected chi connectivity index (χ4v) is 1.54. The summed E-state index contributed by atoms with van der Waals surface area (Å²) in [6.45, 7) is 0.930. The van der Waals surface area contributed by atoms with Gasteiger partial charge in [-0.15, -0.1) is 0 Å². The number of rotatable bonds is 5. The van der Waals surface area contributed by atoms with Crippen molar-refractivity contribution in [2.24, 2.45) is 5.73 Å². The van der Waals surface area contributed by atoms with Crippen LogP contribution in [0.1, 0.15) is 12.8 Å². The largest absolute Gasteiger partial charge is 0.394 e. The van der Waals surface area contributed by atoms with Gasteiger partial charge in [0.15, 0.2) is 0 Å². The summed E-state index contributed by atoms with van der Waals surface area (Å²) in [6.07, 6.45) is 1.98. The number of methoxy groups -OCH3 is 1. The van der Waals surface area contributed by atoms with Crippen molar-refractivity contribution in [3.63, 3.8) is 0 Å². The summed E-state index contributed by atoms with van der Waals surface area (Å²) in [4.78, 5) is 0. The standard InChI is InChI=1S/C8H17NO3/c1-11-7-4-8(5-7,6-9)12-3-2-10/h7,10H,2-6,9H2,1H3. The Morgan fingerprint density at radius 3 is 2.67 bits per heavy atom. The Morgan fingerprint density at radius 2 is 2.25 bits per heavy atom. The van der Waals surface area contributed by atoms with Crippen molar-refractivity contribution in [1.82, 2.24) is 0 Å². The van der Waals surface area contributed by atoms with Crippen molar-refractivity contribution in [3.05, 3.63) is 0 Å². The fourth-order valence-electron chi connectivity index (χ4n) is 1.54. The molecule has 0 bridgehead atoms. The molecule has 0 unspecified atom stereocenters. The first-order valence-electron chi connectivity index (χ1n) is 4.24. The predicted octanol–water partition coefficient (Wildman–Crippen LogP) is -0.498. The van der Waals surface area contributed by atoms with Crippen molar-refractivity contribution in [2.45, 2.75) is 24.5 Å². The second kappa shape index (κ2) is 4.18. The Balaban J connectivity index is 2.26. The van der Waals surface area contributed by atoms with Crippen LogP contribution in [-0.2, 0) is 9.47 Å².